The smallest absolute Gasteiger partial charge is 0.137 e. The lowest BCUT2D eigenvalue weighted by Gasteiger charge is -2.30. The highest BCUT2D eigenvalue weighted by Crippen LogP contribution is 2.33. The average Bonchev–Trinajstić information content (AvgIpc) is 2.37. The Balaban J connectivity index is 2.06. The number of hydrogen-bond acceptors (Lipinski definition) is 3. The minimum absolute atomic E-state index is 0.485. The third-order valence-electron chi connectivity index (χ3n) is 3.25. The summed E-state index contributed by atoms with van der Waals surface area (Å²) in [4.78, 5) is 10.5. The first-order chi connectivity index (χ1) is 8.74. The van der Waals surface area contributed by atoms with Crippen molar-refractivity contribution in [3.63, 3.8) is 0 Å². The molecule has 0 spiro atoms. The molecule has 0 atom stereocenters. The van der Waals surface area contributed by atoms with Crippen LogP contribution >= 0.6 is 11.6 Å². The Labute approximate surface area is 111 Å². The van der Waals surface area contributed by atoms with Crippen LogP contribution in [0.25, 0.3) is 0 Å². The molecule has 1 aromatic heterocycles. The van der Waals surface area contributed by atoms with E-state index in [4.69, 9.17) is 11.6 Å². The second-order valence-electron chi connectivity index (χ2n) is 4.59. The maximum Gasteiger partial charge on any atom is 0.137 e. The average molecular weight is 260 g/mol. The second kappa shape index (κ2) is 4.58. The Morgan fingerprint density at radius 1 is 1.22 bits per heavy atom. The first-order valence-electron chi connectivity index (χ1n) is 6.08. The highest BCUT2D eigenvalue weighted by atomic mass is 35.5. The molecule has 4 heteroatoms. The maximum absolute atomic E-state index is 5.94. The zero-order chi connectivity index (χ0) is 12.5. The number of aryl methyl sites for hydroxylation is 2. The molecule has 0 radical (unpaired) electrons. The van der Waals surface area contributed by atoms with Crippen LogP contribution in [0.3, 0.4) is 0 Å². The monoisotopic (exact) mass is 259 g/mol. The molecule has 0 saturated heterocycles. The Bertz CT molecular complexity index is 583. The van der Waals surface area contributed by atoms with Gasteiger partial charge in [-0.2, -0.15) is 0 Å². The van der Waals surface area contributed by atoms with Gasteiger partial charge in [-0.1, -0.05) is 29.3 Å². The van der Waals surface area contributed by atoms with Crippen molar-refractivity contribution in [2.75, 3.05) is 11.4 Å². The quantitative estimate of drug-likeness (QED) is 0.734. The van der Waals surface area contributed by atoms with Crippen molar-refractivity contribution >= 4 is 23.1 Å². The molecule has 2 aromatic rings. The third kappa shape index (κ3) is 2.06. The molecule has 0 saturated carbocycles. The second-order valence-corrected chi connectivity index (χ2v) is 4.97. The molecule has 0 bridgehead atoms. The summed E-state index contributed by atoms with van der Waals surface area (Å²) in [7, 11) is 0. The number of nitrogens with zero attached hydrogens (tertiary/aromatic N) is 3. The Morgan fingerprint density at radius 3 is 2.94 bits per heavy atom. The van der Waals surface area contributed by atoms with Crippen molar-refractivity contribution in [1.82, 2.24) is 9.97 Å². The van der Waals surface area contributed by atoms with Crippen LogP contribution in [0, 0.1) is 6.92 Å². The van der Waals surface area contributed by atoms with Crippen LogP contribution in [0.1, 0.15) is 17.5 Å². The minimum Gasteiger partial charge on any atom is -0.326 e. The van der Waals surface area contributed by atoms with Gasteiger partial charge in [0.15, 0.2) is 0 Å². The fourth-order valence-electron chi connectivity index (χ4n) is 2.44. The van der Waals surface area contributed by atoms with Gasteiger partial charge in [-0.25, -0.2) is 9.97 Å². The van der Waals surface area contributed by atoms with Gasteiger partial charge in [-0.05, 0) is 31.4 Å². The first-order valence-corrected chi connectivity index (χ1v) is 6.46. The van der Waals surface area contributed by atoms with E-state index in [1.807, 2.05) is 6.07 Å². The summed E-state index contributed by atoms with van der Waals surface area (Å²) in [6.07, 6.45) is 3.78. The first kappa shape index (κ1) is 11.5. The van der Waals surface area contributed by atoms with Gasteiger partial charge >= 0.3 is 0 Å². The topological polar surface area (TPSA) is 29.0 Å². The largest absolute Gasteiger partial charge is 0.326 e. The Kier molecular flexibility index (Phi) is 2.92. The molecule has 1 aromatic carbocycles. The summed E-state index contributed by atoms with van der Waals surface area (Å²) in [5.41, 5.74) is 3.92. The summed E-state index contributed by atoms with van der Waals surface area (Å²) in [5.74, 6) is 0.875. The maximum atomic E-state index is 5.94. The number of fused-ring (bicyclic) bond motifs is 1. The summed E-state index contributed by atoms with van der Waals surface area (Å²) in [6.45, 7) is 3.10. The van der Waals surface area contributed by atoms with Gasteiger partial charge in [0, 0.05) is 18.3 Å². The van der Waals surface area contributed by atoms with Crippen LogP contribution in [0.2, 0.25) is 5.15 Å². The number of aromatic nitrogens is 2. The molecule has 0 fully saturated rings. The summed E-state index contributed by atoms with van der Waals surface area (Å²) in [5, 5.41) is 0.485. The van der Waals surface area contributed by atoms with Crippen molar-refractivity contribution < 1.29 is 0 Å². The van der Waals surface area contributed by atoms with E-state index in [9.17, 15) is 0 Å². The van der Waals surface area contributed by atoms with Gasteiger partial charge in [0.1, 0.15) is 17.3 Å². The van der Waals surface area contributed by atoms with Gasteiger partial charge in [0.25, 0.3) is 0 Å². The molecule has 2 heterocycles. The lowest BCUT2D eigenvalue weighted by Crippen LogP contribution is -2.25. The van der Waals surface area contributed by atoms with Crippen molar-refractivity contribution in [3.05, 3.63) is 46.9 Å². The van der Waals surface area contributed by atoms with Crippen LogP contribution < -0.4 is 4.90 Å². The molecule has 0 amide bonds. The van der Waals surface area contributed by atoms with Crippen molar-refractivity contribution in [2.24, 2.45) is 0 Å². The van der Waals surface area contributed by atoms with Crippen LogP contribution in [0.5, 0.6) is 0 Å². The molecule has 92 valence electrons. The lowest BCUT2D eigenvalue weighted by molar-refractivity contribution is 0.757. The lowest BCUT2D eigenvalue weighted by atomic mass is 9.99. The van der Waals surface area contributed by atoms with Gasteiger partial charge in [-0.15, -0.1) is 0 Å². The molecule has 1 aliphatic heterocycles. The standard InChI is InChI=1S/C14H14ClN3/c1-10-4-5-12-11(7-10)3-2-6-18(12)14-8-13(15)16-9-17-14/h4-5,7-9H,2-3,6H2,1H3. The number of halogens is 1. The summed E-state index contributed by atoms with van der Waals surface area (Å²) >= 11 is 5.94. The zero-order valence-electron chi connectivity index (χ0n) is 10.2. The third-order valence-corrected chi connectivity index (χ3v) is 3.46. The SMILES string of the molecule is Cc1ccc2c(c1)CCCN2c1cc(Cl)ncn1. The molecule has 1 aliphatic rings. The molecule has 3 nitrogen and oxygen atoms in total. The van der Waals surface area contributed by atoms with E-state index in [0.717, 1.165) is 25.2 Å². The van der Waals surface area contributed by atoms with E-state index < -0.39 is 0 Å². The fraction of sp³-hybridized carbons (Fsp3) is 0.286. The van der Waals surface area contributed by atoms with Gasteiger partial charge < -0.3 is 4.90 Å². The molecule has 0 N–H and O–H groups in total. The number of anilines is 2. The van der Waals surface area contributed by atoms with Gasteiger partial charge in [-0.3, -0.25) is 0 Å². The highest BCUT2D eigenvalue weighted by Gasteiger charge is 2.19. The van der Waals surface area contributed by atoms with Crippen LogP contribution in [0.15, 0.2) is 30.6 Å². The Hall–Kier alpha value is -1.61. The highest BCUT2D eigenvalue weighted by molar-refractivity contribution is 6.29. The predicted molar refractivity (Wildman–Crippen MR) is 73.5 cm³/mol. The molecular formula is C14H14ClN3. The fourth-order valence-corrected chi connectivity index (χ4v) is 2.58. The van der Waals surface area contributed by atoms with Crippen LogP contribution in [0.4, 0.5) is 11.5 Å². The van der Waals surface area contributed by atoms with Crippen molar-refractivity contribution in [1.29, 1.82) is 0 Å². The van der Waals surface area contributed by atoms with Crippen molar-refractivity contribution in [3.8, 4) is 0 Å². The predicted octanol–water partition coefficient (Wildman–Crippen LogP) is 3.52. The number of hydrogen-bond donors (Lipinski definition) is 0. The van der Waals surface area contributed by atoms with E-state index in [1.165, 1.54) is 23.1 Å². The molecular weight excluding hydrogens is 246 g/mol. The van der Waals surface area contributed by atoms with E-state index in [0.29, 0.717) is 5.15 Å². The zero-order valence-corrected chi connectivity index (χ0v) is 11.0. The van der Waals surface area contributed by atoms with Crippen LogP contribution in [-0.4, -0.2) is 16.5 Å². The van der Waals surface area contributed by atoms with E-state index in [-0.39, 0.29) is 0 Å². The number of benzene rings is 1. The van der Waals surface area contributed by atoms with E-state index in [2.05, 4.69) is 40.0 Å². The van der Waals surface area contributed by atoms with Gasteiger partial charge in [0.05, 0.1) is 0 Å². The van der Waals surface area contributed by atoms with Crippen molar-refractivity contribution in [2.45, 2.75) is 19.8 Å². The molecule has 3 rings (SSSR count). The normalized spacial score (nSPS) is 14.4. The van der Waals surface area contributed by atoms with Crippen LogP contribution in [-0.2, 0) is 6.42 Å². The molecule has 0 aliphatic carbocycles. The summed E-state index contributed by atoms with van der Waals surface area (Å²) in [6, 6.07) is 8.38. The molecule has 18 heavy (non-hydrogen) atoms. The molecule has 0 unspecified atom stereocenters. The van der Waals surface area contributed by atoms with E-state index in [1.54, 1.807) is 0 Å². The summed E-state index contributed by atoms with van der Waals surface area (Å²) < 4.78 is 0. The minimum atomic E-state index is 0.485. The van der Waals surface area contributed by atoms with E-state index >= 15 is 0 Å². The van der Waals surface area contributed by atoms with Gasteiger partial charge in [0.2, 0.25) is 0 Å². The Morgan fingerprint density at radius 2 is 2.11 bits per heavy atom. The number of rotatable bonds is 1.